The van der Waals surface area contributed by atoms with E-state index in [1.165, 1.54) is 6.92 Å². The van der Waals surface area contributed by atoms with Gasteiger partial charge < -0.3 is 24.4 Å². The summed E-state index contributed by atoms with van der Waals surface area (Å²) in [6.45, 7) is 9.08. The third-order valence-corrected chi connectivity index (χ3v) is 9.64. The SMILES string of the molecule is CC(=O)Oc1ccc2c3c1O[C@H]1[C@@H](N(CC(C)C)C(=O)C=Cc4cccc(C)c4)CC[C@@]4(O)[C@@H](C2)N(C)CC[C@]314. The first-order chi connectivity index (χ1) is 19.0. The standard InChI is InChI=1S/C33H40N2O5/c1-20(2)19-35(28(37)12-9-23-8-6-7-21(3)17-23)25-13-14-33(38)27-18-24-10-11-26(39-22(4)36)30-29(24)32(33,31(25)40-30)15-16-34(27)5/h6-12,17,20,25,27,31,38H,13-16,18-19H2,1-5H3/t25-,27+,31-,32-,33+/m0/s1. The molecule has 1 saturated carbocycles. The molecule has 0 unspecified atom stereocenters. The third-order valence-electron chi connectivity index (χ3n) is 9.64. The van der Waals surface area contributed by atoms with Gasteiger partial charge in [0.05, 0.1) is 17.1 Å². The predicted molar refractivity (Wildman–Crippen MR) is 153 cm³/mol. The maximum absolute atomic E-state index is 13.9. The molecule has 1 saturated heterocycles. The molecule has 7 heteroatoms. The fraction of sp³-hybridized carbons (Fsp3) is 0.515. The molecule has 5 atom stereocenters. The van der Waals surface area contributed by atoms with E-state index in [1.807, 2.05) is 48.2 Å². The number of ether oxygens (including phenoxy) is 2. The first-order valence-corrected chi connectivity index (χ1v) is 14.5. The molecule has 212 valence electrons. The lowest BCUT2D eigenvalue weighted by Crippen LogP contribution is -2.78. The van der Waals surface area contributed by atoms with Crippen LogP contribution in [0.1, 0.15) is 62.3 Å². The summed E-state index contributed by atoms with van der Waals surface area (Å²) in [5.74, 6) is 0.756. The lowest BCUT2D eigenvalue weighted by molar-refractivity contribution is -0.197. The molecule has 4 aliphatic rings. The highest BCUT2D eigenvalue weighted by molar-refractivity contribution is 5.92. The molecule has 0 aromatic heterocycles. The molecule has 2 aromatic rings. The Morgan fingerprint density at radius 2 is 2.05 bits per heavy atom. The van der Waals surface area contributed by atoms with Gasteiger partial charge >= 0.3 is 5.97 Å². The topological polar surface area (TPSA) is 79.3 Å². The Hall–Kier alpha value is -3.16. The first kappa shape index (κ1) is 27.0. The lowest BCUT2D eigenvalue weighted by Gasteiger charge is -2.64. The summed E-state index contributed by atoms with van der Waals surface area (Å²) in [6.07, 6.45) is 5.75. The van der Waals surface area contributed by atoms with Crippen molar-refractivity contribution in [3.63, 3.8) is 0 Å². The summed E-state index contributed by atoms with van der Waals surface area (Å²) in [5.41, 5.74) is 2.57. The minimum Gasteiger partial charge on any atom is -0.483 e. The van der Waals surface area contributed by atoms with Gasteiger partial charge in [-0.2, -0.15) is 0 Å². The van der Waals surface area contributed by atoms with Crippen molar-refractivity contribution in [1.29, 1.82) is 0 Å². The number of aryl methyl sites for hydroxylation is 1. The van der Waals surface area contributed by atoms with Gasteiger partial charge in [0.25, 0.3) is 0 Å². The average Bonchev–Trinajstić information content (AvgIpc) is 3.25. The van der Waals surface area contributed by atoms with E-state index in [2.05, 4.69) is 31.9 Å². The maximum Gasteiger partial charge on any atom is 0.308 e. The van der Waals surface area contributed by atoms with Crippen LogP contribution in [0, 0.1) is 12.8 Å². The second kappa shape index (κ2) is 9.74. The van der Waals surface area contributed by atoms with Crippen LogP contribution in [-0.4, -0.2) is 70.7 Å². The van der Waals surface area contributed by atoms with Crippen LogP contribution in [-0.2, 0) is 21.4 Å². The van der Waals surface area contributed by atoms with Crippen LogP contribution in [0.15, 0.2) is 42.5 Å². The molecule has 2 bridgehead atoms. The minimum absolute atomic E-state index is 0.0400. The van der Waals surface area contributed by atoms with Crippen molar-refractivity contribution in [2.45, 2.75) is 82.6 Å². The zero-order valence-electron chi connectivity index (χ0n) is 24.1. The fourth-order valence-electron chi connectivity index (χ4n) is 8.09. The van der Waals surface area contributed by atoms with Gasteiger partial charge in [-0.05, 0) is 75.4 Å². The quantitative estimate of drug-likeness (QED) is 0.333. The number of piperidine rings is 1. The number of carbonyl (C=O) groups is 2. The molecule has 2 aliphatic heterocycles. The van der Waals surface area contributed by atoms with Crippen LogP contribution >= 0.6 is 0 Å². The third kappa shape index (κ3) is 4.00. The number of benzene rings is 2. The van der Waals surface area contributed by atoms with Gasteiger partial charge in [0.15, 0.2) is 11.5 Å². The summed E-state index contributed by atoms with van der Waals surface area (Å²) < 4.78 is 12.5. The normalized spacial score (nSPS) is 30.2. The largest absolute Gasteiger partial charge is 0.483 e. The van der Waals surface area contributed by atoms with Crippen molar-refractivity contribution in [2.75, 3.05) is 20.1 Å². The number of esters is 1. The van der Waals surface area contributed by atoms with E-state index < -0.39 is 23.1 Å². The molecular weight excluding hydrogens is 504 g/mol. The number of hydrogen-bond acceptors (Lipinski definition) is 6. The Kier molecular flexibility index (Phi) is 6.58. The van der Waals surface area contributed by atoms with E-state index in [-0.39, 0.29) is 23.9 Å². The van der Waals surface area contributed by atoms with Crippen molar-refractivity contribution in [3.8, 4) is 11.5 Å². The predicted octanol–water partition coefficient (Wildman–Crippen LogP) is 4.27. The number of nitrogens with zero attached hydrogens (tertiary/aromatic N) is 2. The van der Waals surface area contributed by atoms with Crippen LogP contribution in [0.5, 0.6) is 11.5 Å². The molecule has 1 amide bonds. The van der Waals surface area contributed by atoms with E-state index >= 15 is 0 Å². The van der Waals surface area contributed by atoms with E-state index in [1.54, 1.807) is 6.08 Å². The lowest BCUT2D eigenvalue weighted by atomic mass is 9.48. The number of hydrogen-bond donors (Lipinski definition) is 1. The fourth-order valence-corrected chi connectivity index (χ4v) is 8.09. The molecule has 0 radical (unpaired) electrons. The van der Waals surface area contributed by atoms with Crippen molar-refractivity contribution in [2.24, 2.45) is 5.92 Å². The van der Waals surface area contributed by atoms with Crippen molar-refractivity contribution >= 4 is 18.0 Å². The van der Waals surface area contributed by atoms with Gasteiger partial charge in [-0.25, -0.2) is 0 Å². The van der Waals surface area contributed by atoms with E-state index in [0.29, 0.717) is 43.7 Å². The highest BCUT2D eigenvalue weighted by Crippen LogP contribution is 2.65. The van der Waals surface area contributed by atoms with Crippen molar-refractivity contribution < 1.29 is 24.2 Å². The molecule has 2 fully saturated rings. The number of likely N-dealkylation sites (tertiary alicyclic amines) is 1. The number of amides is 1. The Morgan fingerprint density at radius 1 is 1.25 bits per heavy atom. The van der Waals surface area contributed by atoms with Crippen LogP contribution < -0.4 is 9.47 Å². The van der Waals surface area contributed by atoms with Crippen molar-refractivity contribution in [3.05, 3.63) is 64.7 Å². The first-order valence-electron chi connectivity index (χ1n) is 14.5. The molecule has 1 spiro atoms. The van der Waals surface area contributed by atoms with Crippen LogP contribution in [0.3, 0.4) is 0 Å². The van der Waals surface area contributed by atoms with Gasteiger partial charge in [0.2, 0.25) is 5.91 Å². The molecule has 2 aromatic carbocycles. The van der Waals surface area contributed by atoms with Gasteiger partial charge in [0.1, 0.15) is 6.10 Å². The number of likely N-dealkylation sites (N-methyl/N-ethyl adjacent to an activating group) is 1. The number of carbonyl (C=O) groups excluding carboxylic acids is 2. The zero-order valence-corrected chi connectivity index (χ0v) is 24.1. The van der Waals surface area contributed by atoms with Gasteiger partial charge in [-0.1, -0.05) is 49.7 Å². The maximum atomic E-state index is 13.9. The van der Waals surface area contributed by atoms with Crippen molar-refractivity contribution in [1.82, 2.24) is 9.80 Å². The summed E-state index contributed by atoms with van der Waals surface area (Å²) in [4.78, 5) is 30.2. The van der Waals surface area contributed by atoms with Crippen LogP contribution in [0.2, 0.25) is 0 Å². The minimum atomic E-state index is -1.00. The highest BCUT2D eigenvalue weighted by Gasteiger charge is 2.73. The molecule has 1 N–H and O–H groups in total. The molecule has 2 aliphatic carbocycles. The monoisotopic (exact) mass is 544 g/mol. The van der Waals surface area contributed by atoms with Crippen LogP contribution in [0.25, 0.3) is 6.08 Å². The Labute approximate surface area is 236 Å². The molecule has 2 heterocycles. The summed E-state index contributed by atoms with van der Waals surface area (Å²) in [6, 6.07) is 11.7. The molecular formula is C33H40N2O5. The van der Waals surface area contributed by atoms with E-state index in [9.17, 15) is 14.7 Å². The van der Waals surface area contributed by atoms with Gasteiger partial charge in [-0.3, -0.25) is 9.59 Å². The molecule has 6 rings (SSSR count). The summed E-state index contributed by atoms with van der Waals surface area (Å²) in [7, 11) is 2.09. The number of rotatable bonds is 6. The second-order valence-electron chi connectivity index (χ2n) is 12.6. The smallest absolute Gasteiger partial charge is 0.308 e. The van der Waals surface area contributed by atoms with Crippen LogP contribution in [0.4, 0.5) is 0 Å². The number of aliphatic hydroxyl groups is 1. The zero-order chi connectivity index (χ0) is 28.4. The summed E-state index contributed by atoms with van der Waals surface area (Å²) >= 11 is 0. The second-order valence-corrected chi connectivity index (χ2v) is 12.6. The Balaban J connectivity index is 1.44. The van der Waals surface area contributed by atoms with E-state index in [4.69, 9.17) is 9.47 Å². The highest BCUT2D eigenvalue weighted by atomic mass is 16.6. The Bertz CT molecular complexity index is 1380. The Morgan fingerprint density at radius 3 is 2.77 bits per heavy atom. The van der Waals surface area contributed by atoms with Gasteiger partial charge in [-0.15, -0.1) is 0 Å². The molecule has 40 heavy (non-hydrogen) atoms. The molecule has 7 nitrogen and oxygen atoms in total. The van der Waals surface area contributed by atoms with Gasteiger partial charge in [0, 0.05) is 31.1 Å². The van der Waals surface area contributed by atoms with E-state index in [0.717, 1.165) is 28.8 Å². The summed E-state index contributed by atoms with van der Waals surface area (Å²) in [5, 5.41) is 12.6. The average molecular weight is 545 g/mol.